The molecule has 0 saturated carbocycles. The Labute approximate surface area is 94.2 Å². The fraction of sp³-hybridized carbons (Fsp3) is 0.364. The molecule has 0 saturated heterocycles. The summed E-state index contributed by atoms with van der Waals surface area (Å²) in [5, 5.41) is 0.555. The molecule has 15 heavy (non-hydrogen) atoms. The van der Waals surface area contributed by atoms with Crippen LogP contribution in [-0.2, 0) is 15.1 Å². The molecular weight excluding hydrogens is 214 g/mol. The standard InChI is InChI=1S/C11H14ClNO2/c1-3-11(13,10(14)15-2)8-5-4-6-9(12)7-8/h4-7H,3,13H2,1-2H3. The average Bonchev–Trinajstić information content (AvgIpc) is 2.26. The molecule has 1 unspecified atom stereocenters. The Kier molecular flexibility index (Phi) is 3.72. The maximum absolute atomic E-state index is 11.6. The van der Waals surface area contributed by atoms with Gasteiger partial charge in [-0.2, -0.15) is 0 Å². The van der Waals surface area contributed by atoms with Gasteiger partial charge in [0.05, 0.1) is 7.11 Å². The van der Waals surface area contributed by atoms with Crippen molar-refractivity contribution in [3.63, 3.8) is 0 Å². The second-order valence-electron chi connectivity index (χ2n) is 3.33. The zero-order chi connectivity index (χ0) is 11.5. The molecule has 1 atom stereocenters. The van der Waals surface area contributed by atoms with Crippen LogP contribution in [0.15, 0.2) is 24.3 Å². The van der Waals surface area contributed by atoms with Gasteiger partial charge in [-0.15, -0.1) is 0 Å². The van der Waals surface area contributed by atoms with E-state index in [-0.39, 0.29) is 0 Å². The minimum atomic E-state index is -1.11. The van der Waals surface area contributed by atoms with E-state index in [9.17, 15) is 4.79 Å². The molecule has 4 heteroatoms. The van der Waals surface area contributed by atoms with Crippen LogP contribution in [0.5, 0.6) is 0 Å². The Morgan fingerprint density at radius 3 is 2.73 bits per heavy atom. The van der Waals surface area contributed by atoms with Crippen molar-refractivity contribution in [2.45, 2.75) is 18.9 Å². The molecule has 0 aliphatic carbocycles. The fourth-order valence-corrected chi connectivity index (χ4v) is 1.60. The molecule has 1 rings (SSSR count). The lowest BCUT2D eigenvalue weighted by Gasteiger charge is -2.25. The minimum Gasteiger partial charge on any atom is -0.467 e. The number of ether oxygens (including phenoxy) is 1. The summed E-state index contributed by atoms with van der Waals surface area (Å²) >= 11 is 5.85. The molecule has 82 valence electrons. The van der Waals surface area contributed by atoms with Crippen LogP contribution in [-0.4, -0.2) is 13.1 Å². The van der Waals surface area contributed by atoms with E-state index >= 15 is 0 Å². The molecular formula is C11H14ClNO2. The van der Waals surface area contributed by atoms with Gasteiger partial charge in [0.2, 0.25) is 0 Å². The smallest absolute Gasteiger partial charge is 0.330 e. The highest BCUT2D eigenvalue weighted by molar-refractivity contribution is 6.30. The van der Waals surface area contributed by atoms with Crippen molar-refractivity contribution in [1.29, 1.82) is 0 Å². The van der Waals surface area contributed by atoms with Gasteiger partial charge in [0, 0.05) is 5.02 Å². The third-order valence-corrected chi connectivity index (χ3v) is 2.68. The van der Waals surface area contributed by atoms with Crippen LogP contribution in [0.25, 0.3) is 0 Å². The highest BCUT2D eigenvalue weighted by Crippen LogP contribution is 2.25. The van der Waals surface area contributed by atoms with Gasteiger partial charge in [-0.25, -0.2) is 4.79 Å². The molecule has 1 aromatic rings. The number of carbonyl (C=O) groups excluding carboxylic acids is 1. The van der Waals surface area contributed by atoms with E-state index in [2.05, 4.69) is 0 Å². The molecule has 0 heterocycles. The molecule has 0 fully saturated rings. The highest BCUT2D eigenvalue weighted by Gasteiger charge is 2.35. The second kappa shape index (κ2) is 4.64. The normalized spacial score (nSPS) is 14.4. The largest absolute Gasteiger partial charge is 0.467 e. The maximum atomic E-state index is 11.6. The Morgan fingerprint density at radius 1 is 1.60 bits per heavy atom. The first-order valence-electron chi connectivity index (χ1n) is 4.68. The van der Waals surface area contributed by atoms with Crippen LogP contribution < -0.4 is 5.73 Å². The van der Waals surface area contributed by atoms with Gasteiger partial charge in [-0.1, -0.05) is 30.7 Å². The lowest BCUT2D eigenvalue weighted by atomic mass is 9.88. The van der Waals surface area contributed by atoms with Crippen molar-refractivity contribution in [2.24, 2.45) is 5.73 Å². The van der Waals surface area contributed by atoms with Crippen LogP contribution in [0.3, 0.4) is 0 Å². The summed E-state index contributed by atoms with van der Waals surface area (Å²) < 4.78 is 4.69. The van der Waals surface area contributed by atoms with Crippen LogP contribution >= 0.6 is 11.6 Å². The topological polar surface area (TPSA) is 52.3 Å². The molecule has 0 aliphatic heterocycles. The van der Waals surface area contributed by atoms with E-state index in [4.69, 9.17) is 22.1 Å². The Morgan fingerprint density at radius 2 is 2.27 bits per heavy atom. The molecule has 3 nitrogen and oxygen atoms in total. The van der Waals surface area contributed by atoms with Gasteiger partial charge in [-0.05, 0) is 24.1 Å². The van der Waals surface area contributed by atoms with Crippen LogP contribution in [0, 0.1) is 0 Å². The number of halogens is 1. The number of benzene rings is 1. The second-order valence-corrected chi connectivity index (χ2v) is 3.76. The van der Waals surface area contributed by atoms with Crippen molar-refractivity contribution in [3.8, 4) is 0 Å². The molecule has 0 bridgehead atoms. The minimum absolute atomic E-state index is 0.452. The van der Waals surface area contributed by atoms with Crippen molar-refractivity contribution in [2.75, 3.05) is 7.11 Å². The number of hydrogen-bond donors (Lipinski definition) is 1. The number of methoxy groups -OCH3 is 1. The molecule has 0 radical (unpaired) electrons. The third-order valence-electron chi connectivity index (χ3n) is 2.45. The van der Waals surface area contributed by atoms with E-state index < -0.39 is 11.5 Å². The summed E-state index contributed by atoms with van der Waals surface area (Å²) in [6, 6.07) is 6.95. The molecule has 0 aliphatic rings. The summed E-state index contributed by atoms with van der Waals surface area (Å²) in [4.78, 5) is 11.6. The third kappa shape index (κ3) is 2.30. The SMILES string of the molecule is CCC(N)(C(=O)OC)c1cccc(Cl)c1. The predicted octanol–water partition coefficient (Wildman–Crippen LogP) is 2.08. The summed E-state index contributed by atoms with van der Waals surface area (Å²) in [5.41, 5.74) is 5.57. The maximum Gasteiger partial charge on any atom is 0.330 e. The van der Waals surface area contributed by atoms with E-state index in [0.29, 0.717) is 17.0 Å². The van der Waals surface area contributed by atoms with Crippen LogP contribution in [0.2, 0.25) is 5.02 Å². The highest BCUT2D eigenvalue weighted by atomic mass is 35.5. The molecule has 0 spiro atoms. The first kappa shape index (κ1) is 12.0. The van der Waals surface area contributed by atoms with Gasteiger partial charge < -0.3 is 10.5 Å². The van der Waals surface area contributed by atoms with Gasteiger partial charge >= 0.3 is 5.97 Å². The number of nitrogens with two attached hydrogens (primary N) is 1. The predicted molar refractivity (Wildman–Crippen MR) is 59.6 cm³/mol. The van der Waals surface area contributed by atoms with Crippen molar-refractivity contribution >= 4 is 17.6 Å². The molecule has 1 aromatic carbocycles. The Balaban J connectivity index is 3.16. The number of rotatable bonds is 3. The van der Waals surface area contributed by atoms with Gasteiger partial charge in [-0.3, -0.25) is 0 Å². The van der Waals surface area contributed by atoms with Gasteiger partial charge in [0.1, 0.15) is 5.54 Å². The summed E-state index contributed by atoms with van der Waals surface area (Å²) in [6.45, 7) is 1.83. The van der Waals surface area contributed by atoms with E-state index in [1.165, 1.54) is 7.11 Å². The monoisotopic (exact) mass is 227 g/mol. The average molecular weight is 228 g/mol. The van der Waals surface area contributed by atoms with Crippen LogP contribution in [0.1, 0.15) is 18.9 Å². The van der Waals surface area contributed by atoms with Crippen molar-refractivity contribution < 1.29 is 9.53 Å². The Bertz CT molecular complexity index is 367. The lowest BCUT2D eigenvalue weighted by molar-refractivity contribution is -0.147. The van der Waals surface area contributed by atoms with Gasteiger partial charge in [0.15, 0.2) is 0 Å². The van der Waals surface area contributed by atoms with E-state index in [1.807, 2.05) is 6.92 Å². The Hall–Kier alpha value is -1.06. The van der Waals surface area contributed by atoms with Crippen LogP contribution in [0.4, 0.5) is 0 Å². The first-order chi connectivity index (χ1) is 7.04. The van der Waals surface area contributed by atoms with Crippen molar-refractivity contribution in [3.05, 3.63) is 34.9 Å². The zero-order valence-corrected chi connectivity index (χ0v) is 9.54. The van der Waals surface area contributed by atoms with E-state index in [0.717, 1.165) is 0 Å². The number of carbonyl (C=O) groups is 1. The molecule has 0 amide bonds. The number of esters is 1. The first-order valence-corrected chi connectivity index (χ1v) is 5.05. The number of hydrogen-bond acceptors (Lipinski definition) is 3. The molecule has 2 N–H and O–H groups in total. The molecule has 0 aromatic heterocycles. The quantitative estimate of drug-likeness (QED) is 0.805. The van der Waals surface area contributed by atoms with E-state index in [1.54, 1.807) is 24.3 Å². The van der Waals surface area contributed by atoms with Crippen molar-refractivity contribution in [1.82, 2.24) is 0 Å². The van der Waals surface area contributed by atoms with Gasteiger partial charge in [0.25, 0.3) is 0 Å². The lowest BCUT2D eigenvalue weighted by Crippen LogP contribution is -2.45. The fourth-order valence-electron chi connectivity index (χ4n) is 1.41. The summed E-state index contributed by atoms with van der Waals surface area (Å²) in [5.74, 6) is -0.452. The zero-order valence-electron chi connectivity index (χ0n) is 8.79. The summed E-state index contributed by atoms with van der Waals surface area (Å²) in [7, 11) is 1.32. The summed E-state index contributed by atoms with van der Waals surface area (Å²) in [6.07, 6.45) is 0.458.